The molecule has 6 heteroatoms. The molecule has 0 atom stereocenters. The predicted octanol–water partition coefficient (Wildman–Crippen LogP) is 2.55. The highest BCUT2D eigenvalue weighted by Crippen LogP contribution is 2.14. The van der Waals surface area contributed by atoms with Crippen molar-refractivity contribution in [3.8, 4) is 5.69 Å². The highest BCUT2D eigenvalue weighted by Gasteiger charge is 2.22. The summed E-state index contributed by atoms with van der Waals surface area (Å²) in [5, 5.41) is 5.16. The maximum atomic E-state index is 12.5. The van der Waals surface area contributed by atoms with Gasteiger partial charge in [-0.1, -0.05) is 25.4 Å². The molecule has 0 N–H and O–H groups in total. The Hall–Kier alpha value is -1.59. The average Bonchev–Trinajstić information content (AvgIpc) is 2.83. The fourth-order valence-electron chi connectivity index (χ4n) is 2.68. The van der Waals surface area contributed by atoms with Crippen molar-refractivity contribution in [2.45, 2.75) is 33.4 Å². The highest BCUT2D eigenvalue weighted by atomic mass is 35.5. The van der Waals surface area contributed by atoms with Gasteiger partial charge < -0.3 is 0 Å². The summed E-state index contributed by atoms with van der Waals surface area (Å²) in [5.41, 5.74) is 0.686. The monoisotopic (exact) mass is 320 g/mol. The van der Waals surface area contributed by atoms with Gasteiger partial charge in [-0.05, 0) is 43.1 Å². The molecule has 1 aliphatic rings. The molecule has 22 heavy (non-hydrogen) atoms. The molecule has 1 aromatic carbocycles. The number of nitrogens with zero attached hydrogens (tertiary/aromatic N) is 4. The first-order valence-corrected chi connectivity index (χ1v) is 8.09. The van der Waals surface area contributed by atoms with Crippen LogP contribution in [0.15, 0.2) is 29.1 Å². The van der Waals surface area contributed by atoms with Crippen molar-refractivity contribution >= 4 is 11.6 Å². The van der Waals surface area contributed by atoms with E-state index >= 15 is 0 Å². The van der Waals surface area contributed by atoms with Crippen LogP contribution in [-0.2, 0) is 13.1 Å². The smallest absolute Gasteiger partial charge is 0.294 e. The summed E-state index contributed by atoms with van der Waals surface area (Å²) < 4.78 is 3.25. The van der Waals surface area contributed by atoms with E-state index in [0.717, 1.165) is 31.1 Å². The van der Waals surface area contributed by atoms with Gasteiger partial charge in [-0.25, -0.2) is 4.79 Å². The zero-order chi connectivity index (χ0) is 15.7. The van der Waals surface area contributed by atoms with Gasteiger partial charge in [-0.2, -0.15) is 4.68 Å². The van der Waals surface area contributed by atoms with Gasteiger partial charge in [-0.15, -0.1) is 5.10 Å². The Morgan fingerprint density at radius 2 is 1.95 bits per heavy atom. The van der Waals surface area contributed by atoms with Gasteiger partial charge in [0.05, 0.1) is 12.2 Å². The first-order chi connectivity index (χ1) is 10.5. The molecular weight excluding hydrogens is 300 g/mol. The van der Waals surface area contributed by atoms with E-state index in [4.69, 9.17) is 11.6 Å². The molecule has 3 rings (SSSR count). The molecule has 1 aliphatic heterocycles. The van der Waals surface area contributed by atoms with Crippen molar-refractivity contribution in [1.29, 1.82) is 0 Å². The van der Waals surface area contributed by atoms with E-state index in [1.807, 2.05) is 12.1 Å². The van der Waals surface area contributed by atoms with E-state index in [0.29, 0.717) is 17.5 Å². The second kappa shape index (κ2) is 6.26. The molecule has 118 valence electrons. The van der Waals surface area contributed by atoms with Crippen LogP contribution in [0.25, 0.3) is 5.69 Å². The van der Waals surface area contributed by atoms with Crippen molar-refractivity contribution in [3.63, 3.8) is 0 Å². The first-order valence-electron chi connectivity index (χ1n) is 7.71. The standard InChI is InChI=1S/C16H21ClN4O/c1-12(2)7-8-19-9-10-20-15(11-19)18-21(16(20)22)14-5-3-13(17)4-6-14/h3-6,12H,7-11H2,1-2H3. The molecular formula is C16H21ClN4O. The second-order valence-corrected chi connectivity index (χ2v) is 6.63. The summed E-state index contributed by atoms with van der Waals surface area (Å²) in [6.45, 7) is 7.87. The molecule has 0 spiro atoms. The number of benzene rings is 1. The molecule has 0 radical (unpaired) electrons. The van der Waals surface area contributed by atoms with Crippen LogP contribution >= 0.6 is 11.6 Å². The van der Waals surface area contributed by atoms with Gasteiger partial charge in [0.15, 0.2) is 0 Å². The Balaban J connectivity index is 1.83. The van der Waals surface area contributed by atoms with E-state index in [2.05, 4.69) is 23.8 Å². The fourth-order valence-corrected chi connectivity index (χ4v) is 2.81. The van der Waals surface area contributed by atoms with Crippen LogP contribution in [0.2, 0.25) is 5.02 Å². The summed E-state index contributed by atoms with van der Waals surface area (Å²) in [4.78, 5) is 14.9. The molecule has 0 saturated carbocycles. The maximum absolute atomic E-state index is 12.5. The average molecular weight is 321 g/mol. The third-order valence-electron chi connectivity index (χ3n) is 4.04. The Morgan fingerprint density at radius 3 is 2.64 bits per heavy atom. The zero-order valence-electron chi connectivity index (χ0n) is 13.0. The van der Waals surface area contributed by atoms with Crippen molar-refractivity contribution in [1.82, 2.24) is 19.2 Å². The number of hydrogen-bond acceptors (Lipinski definition) is 3. The predicted molar refractivity (Wildman–Crippen MR) is 87.6 cm³/mol. The number of aromatic nitrogens is 3. The summed E-state index contributed by atoms with van der Waals surface area (Å²) >= 11 is 5.90. The molecule has 0 saturated heterocycles. The van der Waals surface area contributed by atoms with Gasteiger partial charge >= 0.3 is 5.69 Å². The lowest BCUT2D eigenvalue weighted by molar-refractivity contribution is 0.204. The minimum Gasteiger partial charge on any atom is -0.294 e. The van der Waals surface area contributed by atoms with Crippen molar-refractivity contribution < 1.29 is 0 Å². The van der Waals surface area contributed by atoms with Gasteiger partial charge in [0.2, 0.25) is 0 Å². The molecule has 2 aromatic rings. The number of halogens is 1. The number of hydrogen-bond donors (Lipinski definition) is 0. The van der Waals surface area contributed by atoms with Gasteiger partial charge in [0, 0.05) is 18.1 Å². The van der Waals surface area contributed by atoms with Crippen LogP contribution in [0.3, 0.4) is 0 Å². The van der Waals surface area contributed by atoms with Gasteiger partial charge in [0.1, 0.15) is 5.82 Å². The number of fused-ring (bicyclic) bond motifs is 1. The maximum Gasteiger partial charge on any atom is 0.350 e. The van der Waals surface area contributed by atoms with E-state index in [1.165, 1.54) is 11.1 Å². The molecule has 0 amide bonds. The number of rotatable bonds is 4. The van der Waals surface area contributed by atoms with E-state index in [-0.39, 0.29) is 5.69 Å². The summed E-state index contributed by atoms with van der Waals surface area (Å²) in [6, 6.07) is 7.19. The lowest BCUT2D eigenvalue weighted by Gasteiger charge is -2.26. The highest BCUT2D eigenvalue weighted by molar-refractivity contribution is 6.30. The lowest BCUT2D eigenvalue weighted by atomic mass is 10.1. The van der Waals surface area contributed by atoms with E-state index < -0.39 is 0 Å². The molecule has 0 bridgehead atoms. The molecule has 0 fully saturated rings. The second-order valence-electron chi connectivity index (χ2n) is 6.20. The van der Waals surface area contributed by atoms with Crippen molar-refractivity contribution in [3.05, 3.63) is 45.6 Å². The van der Waals surface area contributed by atoms with Crippen LogP contribution in [0, 0.1) is 5.92 Å². The topological polar surface area (TPSA) is 43.1 Å². The van der Waals surface area contributed by atoms with Crippen LogP contribution in [0.5, 0.6) is 0 Å². The van der Waals surface area contributed by atoms with Gasteiger partial charge in [-0.3, -0.25) is 9.47 Å². The molecule has 0 aliphatic carbocycles. The minimum absolute atomic E-state index is 0.0687. The third kappa shape index (κ3) is 3.10. The zero-order valence-corrected chi connectivity index (χ0v) is 13.8. The third-order valence-corrected chi connectivity index (χ3v) is 4.29. The van der Waals surface area contributed by atoms with Crippen LogP contribution in [0.1, 0.15) is 26.1 Å². The van der Waals surface area contributed by atoms with Gasteiger partial charge in [0.25, 0.3) is 0 Å². The quantitative estimate of drug-likeness (QED) is 0.869. The summed E-state index contributed by atoms with van der Waals surface area (Å²) in [7, 11) is 0. The van der Waals surface area contributed by atoms with E-state index in [9.17, 15) is 4.79 Å². The molecule has 0 unspecified atom stereocenters. The largest absolute Gasteiger partial charge is 0.350 e. The Morgan fingerprint density at radius 1 is 1.23 bits per heavy atom. The van der Waals surface area contributed by atoms with Crippen molar-refractivity contribution in [2.75, 3.05) is 13.1 Å². The summed E-state index contributed by atoms with van der Waals surface area (Å²) in [6.07, 6.45) is 1.17. The first kappa shape index (κ1) is 15.3. The van der Waals surface area contributed by atoms with Crippen LogP contribution in [0.4, 0.5) is 0 Å². The van der Waals surface area contributed by atoms with Crippen LogP contribution in [-0.4, -0.2) is 32.3 Å². The fraction of sp³-hybridized carbons (Fsp3) is 0.500. The summed E-state index contributed by atoms with van der Waals surface area (Å²) in [5.74, 6) is 1.53. The van der Waals surface area contributed by atoms with Crippen LogP contribution < -0.4 is 5.69 Å². The Bertz CT molecular complexity index is 702. The Labute approximate surface area is 135 Å². The molecule has 1 aromatic heterocycles. The minimum atomic E-state index is -0.0687. The normalized spacial score (nSPS) is 15.3. The SMILES string of the molecule is CC(C)CCN1CCn2c(nn(-c3ccc(Cl)cc3)c2=O)C1. The Kier molecular flexibility index (Phi) is 4.36. The molecule has 2 heterocycles. The molecule has 5 nitrogen and oxygen atoms in total. The van der Waals surface area contributed by atoms with Crippen molar-refractivity contribution in [2.24, 2.45) is 5.92 Å². The lowest BCUT2D eigenvalue weighted by Crippen LogP contribution is -2.38. The van der Waals surface area contributed by atoms with E-state index in [1.54, 1.807) is 16.7 Å².